The Morgan fingerprint density at radius 3 is 2.63 bits per heavy atom. The SMILES string of the molecule is CN(CCCc1c(Cl)cc2c(cnn2C2CCCCO2)c1-c1ncc2c(OC(C)(C)C)nc(OC[C@@]34CCCN3C[C@H](F)C4)nc2c1F)[C@@H]1COCCN(C(=O)OC(C)(C)C)C1. The number of pyridine rings is 1. The van der Waals surface area contributed by atoms with Gasteiger partial charge < -0.3 is 28.6 Å². The normalized spacial score (nSPS) is 23.9. The molecular weight excluding hydrogens is 822 g/mol. The van der Waals surface area contributed by atoms with Crippen molar-refractivity contribution in [3.63, 3.8) is 0 Å². The number of aromatic nitrogens is 5. The average molecular weight is 883 g/mol. The molecule has 4 fully saturated rings. The molecule has 17 heteroatoms. The van der Waals surface area contributed by atoms with Crippen LogP contribution in [-0.2, 0) is 20.6 Å². The van der Waals surface area contributed by atoms with E-state index in [4.69, 9.17) is 45.4 Å². The van der Waals surface area contributed by atoms with Gasteiger partial charge in [0.15, 0.2) is 12.0 Å². The fourth-order valence-electron chi connectivity index (χ4n) is 9.36. The minimum Gasteiger partial charge on any atom is -0.471 e. The molecule has 8 rings (SSSR count). The maximum absolute atomic E-state index is 17.6. The van der Waals surface area contributed by atoms with Crippen LogP contribution in [0.3, 0.4) is 0 Å². The third-order valence-corrected chi connectivity index (χ3v) is 12.7. The molecule has 4 saturated heterocycles. The summed E-state index contributed by atoms with van der Waals surface area (Å²) in [5, 5.41) is 6.21. The lowest BCUT2D eigenvalue weighted by atomic mass is 9.95. The minimum absolute atomic E-state index is 0.0143. The van der Waals surface area contributed by atoms with Crippen molar-refractivity contribution in [2.45, 2.75) is 128 Å². The van der Waals surface area contributed by atoms with Gasteiger partial charge in [-0.15, -0.1) is 0 Å². The van der Waals surface area contributed by atoms with E-state index in [1.807, 2.05) is 59.3 Å². The molecule has 338 valence electrons. The predicted molar refractivity (Wildman–Crippen MR) is 232 cm³/mol. The van der Waals surface area contributed by atoms with Crippen LogP contribution < -0.4 is 9.47 Å². The average Bonchev–Trinajstić information content (AvgIpc) is 3.81. The summed E-state index contributed by atoms with van der Waals surface area (Å²) in [4.78, 5) is 33.1. The first-order valence-corrected chi connectivity index (χ1v) is 22.5. The zero-order chi connectivity index (χ0) is 44.0. The third kappa shape index (κ3) is 9.59. The summed E-state index contributed by atoms with van der Waals surface area (Å²) in [5.74, 6) is -0.541. The summed E-state index contributed by atoms with van der Waals surface area (Å²) in [7, 11) is 2.01. The number of amides is 1. The maximum Gasteiger partial charge on any atom is 0.410 e. The molecule has 3 aromatic heterocycles. The number of alkyl halides is 1. The van der Waals surface area contributed by atoms with Gasteiger partial charge in [-0.2, -0.15) is 15.1 Å². The molecule has 1 amide bonds. The van der Waals surface area contributed by atoms with Gasteiger partial charge in [-0.05, 0) is 118 Å². The Morgan fingerprint density at radius 1 is 1.05 bits per heavy atom. The van der Waals surface area contributed by atoms with Crippen LogP contribution in [0.15, 0.2) is 18.5 Å². The van der Waals surface area contributed by atoms with Crippen molar-refractivity contribution in [2.24, 2.45) is 0 Å². The second-order valence-electron chi connectivity index (χ2n) is 19.4. The third-order valence-electron chi connectivity index (χ3n) is 12.3. The summed E-state index contributed by atoms with van der Waals surface area (Å²) in [6.45, 7) is 15.6. The van der Waals surface area contributed by atoms with Gasteiger partial charge in [0.05, 0.1) is 41.9 Å². The Kier molecular flexibility index (Phi) is 12.9. The molecule has 4 aliphatic rings. The lowest BCUT2D eigenvalue weighted by Crippen LogP contribution is -2.46. The van der Waals surface area contributed by atoms with Gasteiger partial charge in [0.25, 0.3) is 0 Å². The maximum atomic E-state index is 17.6. The van der Waals surface area contributed by atoms with Gasteiger partial charge in [0.1, 0.15) is 35.2 Å². The Hall–Kier alpha value is -3.96. The molecular formula is C45H61ClF2N8O6. The molecule has 0 bridgehead atoms. The number of carbonyl (C=O) groups excluding carboxylic acids is 1. The molecule has 4 aliphatic heterocycles. The molecule has 0 saturated carbocycles. The summed E-state index contributed by atoms with van der Waals surface area (Å²) in [5.41, 5.74) is 0.243. The zero-order valence-electron chi connectivity index (χ0n) is 37.1. The van der Waals surface area contributed by atoms with Crippen molar-refractivity contribution >= 4 is 39.5 Å². The molecule has 0 radical (unpaired) electrons. The van der Waals surface area contributed by atoms with Gasteiger partial charge >= 0.3 is 12.1 Å². The molecule has 0 spiro atoms. The molecule has 1 aromatic carbocycles. The number of hydrogen-bond donors (Lipinski definition) is 0. The van der Waals surface area contributed by atoms with E-state index >= 15 is 4.39 Å². The van der Waals surface area contributed by atoms with Crippen LogP contribution in [0.5, 0.6) is 11.9 Å². The number of fused-ring (bicyclic) bond motifs is 3. The number of carbonyl (C=O) groups is 1. The highest BCUT2D eigenvalue weighted by atomic mass is 35.5. The van der Waals surface area contributed by atoms with Crippen LogP contribution >= 0.6 is 11.6 Å². The Morgan fingerprint density at radius 2 is 1.87 bits per heavy atom. The molecule has 0 N–H and O–H groups in total. The fraction of sp³-hybridized carbons (Fsp3) is 0.667. The number of nitrogens with zero attached hydrogens (tertiary/aromatic N) is 8. The van der Waals surface area contributed by atoms with Crippen molar-refractivity contribution < 1.29 is 37.3 Å². The summed E-state index contributed by atoms with van der Waals surface area (Å²) in [6, 6.07) is 1.77. The van der Waals surface area contributed by atoms with E-state index in [1.54, 1.807) is 17.3 Å². The Bertz CT molecular complexity index is 2260. The first kappa shape index (κ1) is 44.6. The van der Waals surface area contributed by atoms with E-state index in [0.29, 0.717) is 92.3 Å². The first-order valence-electron chi connectivity index (χ1n) is 22.1. The van der Waals surface area contributed by atoms with Gasteiger partial charge in [0, 0.05) is 54.8 Å². The van der Waals surface area contributed by atoms with Crippen LogP contribution in [-0.4, -0.2) is 141 Å². The van der Waals surface area contributed by atoms with Crippen LogP contribution in [0, 0.1) is 5.82 Å². The molecule has 7 heterocycles. The van der Waals surface area contributed by atoms with Crippen molar-refractivity contribution in [3.05, 3.63) is 34.9 Å². The first-order chi connectivity index (χ1) is 29.5. The largest absolute Gasteiger partial charge is 0.471 e. The monoisotopic (exact) mass is 882 g/mol. The number of rotatable bonds is 11. The van der Waals surface area contributed by atoms with Gasteiger partial charge in [0.2, 0.25) is 5.88 Å². The lowest BCUT2D eigenvalue weighted by Gasteiger charge is -2.31. The fourth-order valence-corrected chi connectivity index (χ4v) is 9.65. The van der Waals surface area contributed by atoms with Crippen molar-refractivity contribution in [3.8, 4) is 23.1 Å². The number of halogens is 3. The molecule has 4 aromatic rings. The highest BCUT2D eigenvalue weighted by Crippen LogP contribution is 2.43. The second kappa shape index (κ2) is 17.9. The van der Waals surface area contributed by atoms with E-state index in [2.05, 4.69) is 19.8 Å². The van der Waals surface area contributed by atoms with Gasteiger partial charge in [-0.1, -0.05) is 11.6 Å². The van der Waals surface area contributed by atoms with Crippen molar-refractivity contribution in [1.29, 1.82) is 0 Å². The smallest absolute Gasteiger partial charge is 0.410 e. The van der Waals surface area contributed by atoms with E-state index in [9.17, 15) is 9.18 Å². The molecule has 4 atom stereocenters. The van der Waals surface area contributed by atoms with Crippen molar-refractivity contribution in [2.75, 3.05) is 66.2 Å². The van der Waals surface area contributed by atoms with E-state index in [0.717, 1.165) is 38.6 Å². The lowest BCUT2D eigenvalue weighted by molar-refractivity contribution is -0.0366. The highest BCUT2D eigenvalue weighted by molar-refractivity contribution is 6.33. The summed E-state index contributed by atoms with van der Waals surface area (Å²) >= 11 is 7.25. The number of benzene rings is 1. The van der Waals surface area contributed by atoms with E-state index < -0.39 is 28.7 Å². The van der Waals surface area contributed by atoms with Crippen LogP contribution in [0.1, 0.15) is 98.3 Å². The standard InChI is InChI=1S/C45H61ClF2N8O6/c1-43(2,3)61-40-32-22-49-39(37(48)38(32)51-41(52-40)60-27-45-14-11-16-55(45)24-28(47)21-45)36-30(33(46)20-34-31(36)23-50-56(34)35-13-8-9-18-59-35)12-10-15-53(7)29-25-54(17-19-58-26-29)42(57)62-44(4,5)6/h20,22-23,28-29,35H,8-19,21,24-27H2,1-7H3/t28-,29+,35?,45+/m1/s1. The predicted octanol–water partition coefficient (Wildman–Crippen LogP) is 8.17. The second-order valence-corrected chi connectivity index (χ2v) is 19.8. The van der Waals surface area contributed by atoms with Crippen LogP contribution in [0.2, 0.25) is 5.02 Å². The van der Waals surface area contributed by atoms with Crippen molar-refractivity contribution in [1.82, 2.24) is 39.4 Å². The minimum atomic E-state index is -0.930. The Labute approximate surface area is 367 Å². The topological polar surface area (TPSA) is 129 Å². The molecule has 62 heavy (non-hydrogen) atoms. The number of hydrogen-bond acceptors (Lipinski definition) is 12. The van der Waals surface area contributed by atoms with Gasteiger partial charge in [-0.25, -0.2) is 18.3 Å². The molecule has 14 nitrogen and oxygen atoms in total. The zero-order valence-corrected chi connectivity index (χ0v) is 37.9. The number of ether oxygens (including phenoxy) is 5. The molecule has 0 aliphatic carbocycles. The van der Waals surface area contributed by atoms with Crippen LogP contribution in [0.4, 0.5) is 13.6 Å². The van der Waals surface area contributed by atoms with Crippen LogP contribution in [0.25, 0.3) is 33.1 Å². The van der Waals surface area contributed by atoms with E-state index in [-0.39, 0.29) is 53.5 Å². The molecule has 1 unspecified atom stereocenters. The quantitative estimate of drug-likeness (QED) is 0.144. The van der Waals surface area contributed by atoms with Gasteiger partial charge in [-0.3, -0.25) is 14.8 Å². The Balaban J connectivity index is 1.14. The highest BCUT2D eigenvalue weighted by Gasteiger charge is 2.49. The summed E-state index contributed by atoms with van der Waals surface area (Å²) in [6.07, 6.45) is 7.72. The number of likely N-dealkylation sites (N-methyl/N-ethyl adjacent to an activating group) is 1. The van der Waals surface area contributed by atoms with E-state index in [1.165, 1.54) is 0 Å². The summed E-state index contributed by atoms with van der Waals surface area (Å²) < 4.78 is 64.4.